The molecule has 1 rings (SSSR count). The summed E-state index contributed by atoms with van der Waals surface area (Å²) in [5.74, 6) is -0.488. The molecule has 0 aromatic carbocycles. The van der Waals surface area contributed by atoms with E-state index in [2.05, 4.69) is 9.83 Å². The van der Waals surface area contributed by atoms with E-state index in [4.69, 9.17) is 6.57 Å². The van der Waals surface area contributed by atoms with Crippen molar-refractivity contribution in [3.05, 3.63) is 34.3 Å². The molecule has 0 amide bonds. The lowest BCUT2D eigenvalue weighted by atomic mass is 9.95. The van der Waals surface area contributed by atoms with E-state index in [-0.39, 0.29) is 23.0 Å². The molecule has 5 heteroatoms. The second-order valence-corrected chi connectivity index (χ2v) is 3.79. The minimum Gasteiger partial charge on any atom is -0.361 e. The molecule has 1 aromatic heterocycles. The van der Waals surface area contributed by atoms with Gasteiger partial charge in [0, 0.05) is 12.5 Å². The summed E-state index contributed by atoms with van der Waals surface area (Å²) in [4.78, 5) is 6.78. The Labute approximate surface area is 91.9 Å². The van der Waals surface area contributed by atoms with Crippen molar-refractivity contribution in [1.82, 2.24) is 4.98 Å². The predicted molar refractivity (Wildman–Crippen MR) is 54.3 cm³/mol. The lowest BCUT2D eigenvalue weighted by molar-refractivity contribution is -0.138. The second-order valence-electron chi connectivity index (χ2n) is 3.79. The summed E-state index contributed by atoms with van der Waals surface area (Å²) in [6.07, 6.45) is -4.44. The zero-order valence-corrected chi connectivity index (χ0v) is 9.18. The van der Waals surface area contributed by atoms with Crippen LogP contribution in [-0.2, 0) is 6.18 Å². The molecule has 1 aromatic rings. The van der Waals surface area contributed by atoms with Gasteiger partial charge in [-0.1, -0.05) is 20.4 Å². The van der Waals surface area contributed by atoms with Crippen molar-refractivity contribution < 1.29 is 13.2 Å². The van der Waals surface area contributed by atoms with E-state index in [1.54, 1.807) is 13.8 Å². The average molecular weight is 228 g/mol. The SMILES string of the molecule is [C-]#[N+]c1cc(C(F)(F)F)c(C(C)C)c(C)n1. The summed E-state index contributed by atoms with van der Waals surface area (Å²) in [7, 11) is 0. The fourth-order valence-electron chi connectivity index (χ4n) is 1.69. The van der Waals surface area contributed by atoms with E-state index in [9.17, 15) is 13.2 Å². The Balaban J connectivity index is 3.55. The third-order valence-electron chi connectivity index (χ3n) is 2.23. The molecule has 0 N–H and O–H groups in total. The van der Waals surface area contributed by atoms with Crippen LogP contribution in [0.1, 0.15) is 36.6 Å². The van der Waals surface area contributed by atoms with Crippen LogP contribution >= 0.6 is 0 Å². The van der Waals surface area contributed by atoms with E-state index in [1.165, 1.54) is 6.92 Å². The van der Waals surface area contributed by atoms with E-state index in [0.29, 0.717) is 0 Å². The number of rotatable bonds is 1. The summed E-state index contributed by atoms with van der Waals surface area (Å²) < 4.78 is 38.3. The highest BCUT2D eigenvalue weighted by atomic mass is 19.4. The maximum Gasteiger partial charge on any atom is 0.415 e. The normalized spacial score (nSPS) is 11.6. The monoisotopic (exact) mass is 228 g/mol. The minimum atomic E-state index is -4.44. The molecule has 1 heterocycles. The number of aryl methyl sites for hydroxylation is 1. The van der Waals surface area contributed by atoms with Gasteiger partial charge in [0.15, 0.2) is 0 Å². The molecule has 86 valence electrons. The maximum atomic E-state index is 12.8. The number of pyridine rings is 1. The van der Waals surface area contributed by atoms with Gasteiger partial charge >= 0.3 is 6.18 Å². The van der Waals surface area contributed by atoms with Gasteiger partial charge in [0.2, 0.25) is 0 Å². The number of alkyl halides is 3. The number of hydrogen-bond donors (Lipinski definition) is 0. The standard InChI is InChI=1S/C11H11F3N2/c1-6(2)10-7(3)16-9(15-4)5-8(10)11(12,13)14/h5-6H,1-3H3. The van der Waals surface area contributed by atoms with Gasteiger partial charge in [-0.3, -0.25) is 0 Å². The number of hydrogen-bond acceptors (Lipinski definition) is 1. The summed E-state index contributed by atoms with van der Waals surface area (Å²) >= 11 is 0. The number of nitrogens with zero attached hydrogens (tertiary/aromatic N) is 2. The fraction of sp³-hybridized carbons (Fsp3) is 0.455. The van der Waals surface area contributed by atoms with Crippen LogP contribution in [-0.4, -0.2) is 4.98 Å². The predicted octanol–water partition coefficient (Wildman–Crippen LogP) is 4.08. The van der Waals surface area contributed by atoms with Gasteiger partial charge in [-0.05, 0) is 12.0 Å². The van der Waals surface area contributed by atoms with Crippen LogP contribution in [0.4, 0.5) is 19.0 Å². The summed E-state index contributed by atoms with van der Waals surface area (Å²) in [5, 5.41) is 0. The van der Waals surface area contributed by atoms with Crippen molar-refractivity contribution in [3.8, 4) is 0 Å². The quantitative estimate of drug-likeness (QED) is 0.662. The molecule has 0 aliphatic carbocycles. The molecule has 0 spiro atoms. The Morgan fingerprint density at radius 2 is 1.94 bits per heavy atom. The molecular formula is C11H11F3N2. The van der Waals surface area contributed by atoms with Crippen LogP contribution < -0.4 is 0 Å². The molecule has 2 nitrogen and oxygen atoms in total. The minimum absolute atomic E-state index is 0.167. The fourth-order valence-corrected chi connectivity index (χ4v) is 1.69. The topological polar surface area (TPSA) is 17.2 Å². The molecular weight excluding hydrogens is 217 g/mol. The molecule has 16 heavy (non-hydrogen) atoms. The molecule has 0 bridgehead atoms. The first-order valence-electron chi connectivity index (χ1n) is 4.73. The first-order valence-corrected chi connectivity index (χ1v) is 4.73. The van der Waals surface area contributed by atoms with Crippen molar-refractivity contribution >= 4 is 5.82 Å². The van der Waals surface area contributed by atoms with Crippen molar-refractivity contribution in [2.24, 2.45) is 0 Å². The lowest BCUT2D eigenvalue weighted by Gasteiger charge is -2.16. The van der Waals surface area contributed by atoms with Gasteiger partial charge in [0.05, 0.1) is 5.56 Å². The van der Waals surface area contributed by atoms with Gasteiger partial charge in [-0.25, -0.2) is 0 Å². The van der Waals surface area contributed by atoms with Crippen LogP contribution in [0.2, 0.25) is 0 Å². The maximum absolute atomic E-state index is 12.8. The van der Waals surface area contributed by atoms with Gasteiger partial charge < -0.3 is 4.85 Å². The van der Waals surface area contributed by atoms with E-state index >= 15 is 0 Å². The molecule has 0 saturated heterocycles. The molecule has 0 aliphatic rings. The van der Waals surface area contributed by atoms with Crippen LogP contribution in [0.5, 0.6) is 0 Å². The summed E-state index contributed by atoms with van der Waals surface area (Å²) in [6, 6.07) is 0.815. The van der Waals surface area contributed by atoms with Crippen molar-refractivity contribution in [3.63, 3.8) is 0 Å². The van der Waals surface area contributed by atoms with Crippen LogP contribution in [0, 0.1) is 13.5 Å². The Kier molecular flexibility index (Phi) is 3.22. The largest absolute Gasteiger partial charge is 0.415 e. The number of halogens is 3. The van der Waals surface area contributed by atoms with E-state index < -0.39 is 11.7 Å². The first-order chi connectivity index (χ1) is 7.27. The van der Waals surface area contributed by atoms with Crippen molar-refractivity contribution in [2.45, 2.75) is 32.9 Å². The Bertz CT molecular complexity index is 442. The smallest absolute Gasteiger partial charge is 0.361 e. The van der Waals surface area contributed by atoms with Gasteiger partial charge in [-0.15, -0.1) is 4.98 Å². The van der Waals surface area contributed by atoms with Crippen LogP contribution in [0.3, 0.4) is 0 Å². The molecule has 0 radical (unpaired) electrons. The molecule has 0 aliphatic heterocycles. The number of aromatic nitrogens is 1. The van der Waals surface area contributed by atoms with E-state index in [0.717, 1.165) is 6.07 Å². The second kappa shape index (κ2) is 4.12. The Morgan fingerprint density at radius 1 is 1.38 bits per heavy atom. The van der Waals surface area contributed by atoms with Gasteiger partial charge in [0.1, 0.15) is 5.69 Å². The van der Waals surface area contributed by atoms with Gasteiger partial charge in [0.25, 0.3) is 5.82 Å². The first kappa shape index (κ1) is 12.5. The van der Waals surface area contributed by atoms with E-state index in [1.807, 2.05) is 0 Å². The van der Waals surface area contributed by atoms with Gasteiger partial charge in [-0.2, -0.15) is 13.2 Å². The summed E-state index contributed by atoms with van der Waals surface area (Å²) in [5.41, 5.74) is -0.309. The average Bonchev–Trinajstić information content (AvgIpc) is 2.14. The lowest BCUT2D eigenvalue weighted by Crippen LogP contribution is -2.12. The zero-order valence-electron chi connectivity index (χ0n) is 9.18. The Morgan fingerprint density at radius 3 is 2.31 bits per heavy atom. The molecule has 0 atom stereocenters. The highest BCUT2D eigenvalue weighted by molar-refractivity contribution is 5.47. The highest BCUT2D eigenvalue weighted by Crippen LogP contribution is 2.37. The Hall–Kier alpha value is -1.57. The highest BCUT2D eigenvalue weighted by Gasteiger charge is 2.36. The van der Waals surface area contributed by atoms with Crippen molar-refractivity contribution in [1.29, 1.82) is 0 Å². The third-order valence-corrected chi connectivity index (χ3v) is 2.23. The van der Waals surface area contributed by atoms with Crippen LogP contribution in [0.25, 0.3) is 4.85 Å². The van der Waals surface area contributed by atoms with Crippen LogP contribution in [0.15, 0.2) is 6.07 Å². The molecule has 0 saturated carbocycles. The summed E-state index contributed by atoms with van der Waals surface area (Å²) in [6.45, 7) is 11.6. The van der Waals surface area contributed by atoms with Crippen molar-refractivity contribution in [2.75, 3.05) is 0 Å². The molecule has 0 unspecified atom stereocenters. The third kappa shape index (κ3) is 2.32. The molecule has 0 fully saturated rings. The zero-order chi connectivity index (χ0) is 12.5.